The number of nitrogens with zero attached hydrogens (tertiary/aromatic N) is 1. The van der Waals surface area contributed by atoms with E-state index in [2.05, 4.69) is 10.3 Å². The van der Waals surface area contributed by atoms with Gasteiger partial charge < -0.3 is 15.8 Å². The smallest absolute Gasteiger partial charge is 0.384 e. The number of nitrogen functional groups attached to an aromatic ring is 1. The number of halogens is 3. The summed E-state index contributed by atoms with van der Waals surface area (Å²) in [5, 5.41) is 2.92. The van der Waals surface area contributed by atoms with E-state index in [1.165, 1.54) is 12.1 Å². The number of amides is 1. The van der Waals surface area contributed by atoms with E-state index in [0.29, 0.717) is 22.5 Å². The Hall–Kier alpha value is -4.17. The maximum atomic E-state index is 14.2. The third-order valence-corrected chi connectivity index (χ3v) is 7.51. The number of ether oxygens (including phenoxy) is 1. The van der Waals surface area contributed by atoms with Gasteiger partial charge in [0, 0.05) is 23.4 Å². The number of nitrogens with one attached hydrogen (secondary N) is 1. The summed E-state index contributed by atoms with van der Waals surface area (Å²) < 4.78 is 49.1. The van der Waals surface area contributed by atoms with Gasteiger partial charge in [-0.25, -0.2) is 4.98 Å². The number of pyridine rings is 1. The summed E-state index contributed by atoms with van der Waals surface area (Å²) in [7, 11) is 0. The highest BCUT2D eigenvalue weighted by molar-refractivity contribution is 5.95. The first kappa shape index (κ1) is 24.2. The monoisotopic (exact) mass is 515 g/mol. The second-order valence-corrected chi connectivity index (χ2v) is 9.72. The minimum Gasteiger partial charge on any atom is -0.384 e. The van der Waals surface area contributed by atoms with E-state index in [1.54, 1.807) is 42.5 Å². The number of aryl methyl sites for hydroxylation is 2. The summed E-state index contributed by atoms with van der Waals surface area (Å²) in [6.45, 7) is 3.97. The maximum absolute atomic E-state index is 14.2. The van der Waals surface area contributed by atoms with Crippen molar-refractivity contribution in [1.29, 1.82) is 0 Å². The number of rotatable bonds is 4. The fourth-order valence-electron chi connectivity index (χ4n) is 5.84. The molecular weight excluding hydrogens is 491 g/mol. The second-order valence-electron chi connectivity index (χ2n) is 9.72. The van der Waals surface area contributed by atoms with Crippen molar-refractivity contribution in [3.63, 3.8) is 0 Å². The van der Waals surface area contributed by atoms with Crippen LogP contribution in [0.4, 0.5) is 19.0 Å². The zero-order valence-corrected chi connectivity index (χ0v) is 20.7. The number of benzene rings is 3. The Morgan fingerprint density at radius 1 is 0.974 bits per heavy atom. The van der Waals surface area contributed by atoms with Gasteiger partial charge >= 0.3 is 6.18 Å². The molecule has 2 bridgehead atoms. The van der Waals surface area contributed by atoms with Crippen LogP contribution in [0.25, 0.3) is 0 Å². The molecule has 3 aromatic carbocycles. The Morgan fingerprint density at radius 3 is 2.39 bits per heavy atom. The van der Waals surface area contributed by atoms with Gasteiger partial charge in [0.05, 0.1) is 5.56 Å². The number of fused-ring (bicyclic) bond motifs is 8. The van der Waals surface area contributed by atoms with Crippen molar-refractivity contribution in [3.05, 3.63) is 129 Å². The lowest BCUT2D eigenvalue weighted by atomic mass is 9.72. The molecule has 3 heterocycles. The van der Waals surface area contributed by atoms with Crippen LogP contribution in [0.2, 0.25) is 0 Å². The summed E-state index contributed by atoms with van der Waals surface area (Å²) in [6.07, 6.45) is -5.10. The van der Waals surface area contributed by atoms with Crippen LogP contribution >= 0.6 is 0 Å². The van der Waals surface area contributed by atoms with Gasteiger partial charge in [-0.05, 0) is 71.5 Å². The van der Waals surface area contributed by atoms with Gasteiger partial charge in [0.15, 0.2) is 0 Å². The molecule has 2 unspecified atom stereocenters. The Kier molecular flexibility index (Phi) is 5.36. The molecule has 6 rings (SSSR count). The Balaban J connectivity index is 1.44. The van der Waals surface area contributed by atoms with Gasteiger partial charge in [-0.15, -0.1) is 0 Å². The average Bonchev–Trinajstić information content (AvgIpc) is 3.41. The number of hydrogen-bond donors (Lipinski definition) is 2. The van der Waals surface area contributed by atoms with E-state index in [0.717, 1.165) is 34.0 Å². The predicted octanol–water partition coefficient (Wildman–Crippen LogP) is 5.95. The summed E-state index contributed by atoms with van der Waals surface area (Å²) in [6, 6.07) is 19.7. The summed E-state index contributed by atoms with van der Waals surface area (Å²) in [5.74, 6) is 0.0622. The highest BCUT2D eigenvalue weighted by Crippen LogP contribution is 2.62. The fourth-order valence-corrected chi connectivity index (χ4v) is 5.84. The van der Waals surface area contributed by atoms with Crippen LogP contribution < -0.4 is 11.1 Å². The molecule has 1 aromatic heterocycles. The standard InChI is InChI=1S/C30H24F3N3O2/c1-16-13-26(34)36-17(2)21(16)15-35-28(37)18-11-12-20-25(14-18)29(22-8-4-3-7-19(22)27(20)38-29)23-9-5-6-10-24(23)30(31,32)33/h3-14,27H,15H2,1-2H3,(H2,34,36)(H,35,37). The highest BCUT2D eigenvalue weighted by atomic mass is 19.4. The van der Waals surface area contributed by atoms with Crippen molar-refractivity contribution < 1.29 is 22.7 Å². The Labute approximate surface area is 217 Å². The van der Waals surface area contributed by atoms with E-state index in [-0.39, 0.29) is 18.0 Å². The number of nitrogens with two attached hydrogens (primary N) is 1. The number of carbonyl (C=O) groups excluding carboxylic acids is 1. The molecule has 0 saturated carbocycles. The molecule has 8 heteroatoms. The number of anilines is 1. The fraction of sp³-hybridized carbons (Fsp3) is 0.200. The number of hydrogen-bond acceptors (Lipinski definition) is 4. The summed E-state index contributed by atoms with van der Waals surface area (Å²) in [4.78, 5) is 17.5. The van der Waals surface area contributed by atoms with Gasteiger partial charge in [-0.1, -0.05) is 48.5 Å². The SMILES string of the molecule is Cc1cc(N)nc(C)c1CNC(=O)c1ccc2c(c1)C1(c3ccccc3C(F)(F)F)OC2c2ccccc21. The van der Waals surface area contributed by atoms with Crippen molar-refractivity contribution in [3.8, 4) is 0 Å². The van der Waals surface area contributed by atoms with Crippen LogP contribution in [-0.4, -0.2) is 10.9 Å². The molecule has 0 aliphatic carbocycles. The molecule has 0 spiro atoms. The van der Waals surface area contributed by atoms with Crippen molar-refractivity contribution in [2.45, 2.75) is 38.3 Å². The van der Waals surface area contributed by atoms with E-state index in [1.807, 2.05) is 26.0 Å². The van der Waals surface area contributed by atoms with Gasteiger partial charge in [0.1, 0.15) is 17.5 Å². The maximum Gasteiger partial charge on any atom is 0.416 e. The topological polar surface area (TPSA) is 77.2 Å². The molecule has 38 heavy (non-hydrogen) atoms. The molecule has 0 radical (unpaired) electrons. The first-order valence-electron chi connectivity index (χ1n) is 12.2. The number of alkyl halides is 3. The van der Waals surface area contributed by atoms with Gasteiger partial charge in [-0.3, -0.25) is 4.79 Å². The van der Waals surface area contributed by atoms with Gasteiger partial charge in [0.25, 0.3) is 5.91 Å². The molecule has 1 amide bonds. The first-order valence-corrected chi connectivity index (χ1v) is 12.2. The second kappa shape index (κ2) is 8.43. The zero-order chi connectivity index (χ0) is 26.8. The molecule has 2 aliphatic heterocycles. The zero-order valence-electron chi connectivity index (χ0n) is 20.7. The van der Waals surface area contributed by atoms with E-state index in [9.17, 15) is 18.0 Å². The molecule has 4 aromatic rings. The Bertz CT molecular complexity index is 1590. The lowest BCUT2D eigenvalue weighted by Gasteiger charge is -2.32. The highest BCUT2D eigenvalue weighted by Gasteiger charge is 2.57. The molecule has 0 saturated heterocycles. The minimum absolute atomic E-state index is 0.0120. The number of carbonyl (C=O) groups is 1. The lowest BCUT2D eigenvalue weighted by Crippen LogP contribution is -2.31. The van der Waals surface area contributed by atoms with E-state index < -0.39 is 23.4 Å². The van der Waals surface area contributed by atoms with Crippen LogP contribution in [0.5, 0.6) is 0 Å². The average molecular weight is 516 g/mol. The minimum atomic E-state index is -4.58. The molecule has 2 atom stereocenters. The molecule has 0 fully saturated rings. The van der Waals surface area contributed by atoms with Crippen LogP contribution in [-0.2, 0) is 23.1 Å². The molecule has 3 N–H and O–H groups in total. The van der Waals surface area contributed by atoms with Crippen LogP contribution in [0.15, 0.2) is 72.8 Å². The molecule has 2 aliphatic rings. The molecule has 5 nitrogen and oxygen atoms in total. The van der Waals surface area contributed by atoms with Crippen molar-refractivity contribution in [2.75, 3.05) is 5.73 Å². The van der Waals surface area contributed by atoms with Crippen molar-refractivity contribution >= 4 is 11.7 Å². The summed E-state index contributed by atoms with van der Waals surface area (Å²) >= 11 is 0. The van der Waals surface area contributed by atoms with Crippen LogP contribution in [0, 0.1) is 13.8 Å². The van der Waals surface area contributed by atoms with Crippen LogP contribution in [0.1, 0.15) is 66.7 Å². The third kappa shape index (κ3) is 3.51. The van der Waals surface area contributed by atoms with E-state index >= 15 is 0 Å². The van der Waals surface area contributed by atoms with Crippen LogP contribution in [0.3, 0.4) is 0 Å². The van der Waals surface area contributed by atoms with Crippen molar-refractivity contribution in [2.24, 2.45) is 0 Å². The lowest BCUT2D eigenvalue weighted by molar-refractivity contribution is -0.140. The first-order chi connectivity index (χ1) is 18.1. The number of aromatic nitrogens is 1. The summed E-state index contributed by atoms with van der Waals surface area (Å²) in [5.41, 5.74) is 9.20. The Morgan fingerprint density at radius 2 is 1.66 bits per heavy atom. The van der Waals surface area contributed by atoms with Gasteiger partial charge in [-0.2, -0.15) is 13.2 Å². The van der Waals surface area contributed by atoms with Gasteiger partial charge in [0.2, 0.25) is 0 Å². The molecular formula is C30H24F3N3O2. The van der Waals surface area contributed by atoms with Crippen molar-refractivity contribution in [1.82, 2.24) is 10.3 Å². The molecule has 192 valence electrons. The predicted molar refractivity (Wildman–Crippen MR) is 136 cm³/mol. The quantitative estimate of drug-likeness (QED) is 0.352. The largest absolute Gasteiger partial charge is 0.416 e. The normalized spacial score (nSPS) is 19.2. The van der Waals surface area contributed by atoms with E-state index in [4.69, 9.17) is 10.5 Å². The third-order valence-electron chi connectivity index (χ3n) is 7.51.